The molecule has 3 aromatic rings. The SMILES string of the molecule is CCc1cc2cc3ccc(CC)c(I)c3cc2cc1I. The van der Waals surface area contributed by atoms with Crippen molar-refractivity contribution in [1.82, 2.24) is 0 Å². The minimum atomic E-state index is 1.10. The molecule has 0 spiro atoms. The highest BCUT2D eigenvalue weighted by Gasteiger charge is 2.07. The second-order valence-corrected chi connectivity index (χ2v) is 7.35. The lowest BCUT2D eigenvalue weighted by atomic mass is 9.99. The van der Waals surface area contributed by atoms with E-state index >= 15 is 0 Å². The predicted molar refractivity (Wildman–Crippen MR) is 106 cm³/mol. The number of hydrogen-bond donors (Lipinski definition) is 0. The number of benzene rings is 3. The molecule has 0 unspecified atom stereocenters. The Hall–Kier alpha value is -0.360. The molecule has 102 valence electrons. The van der Waals surface area contributed by atoms with E-state index in [1.807, 2.05) is 0 Å². The van der Waals surface area contributed by atoms with Crippen LogP contribution in [0.2, 0.25) is 0 Å². The van der Waals surface area contributed by atoms with E-state index in [-0.39, 0.29) is 0 Å². The summed E-state index contributed by atoms with van der Waals surface area (Å²) in [6.07, 6.45) is 2.19. The van der Waals surface area contributed by atoms with E-state index in [1.54, 1.807) is 0 Å². The first-order chi connectivity index (χ1) is 9.63. The Morgan fingerprint density at radius 1 is 0.750 bits per heavy atom. The Morgan fingerprint density at radius 3 is 2.15 bits per heavy atom. The first-order valence-electron chi connectivity index (χ1n) is 6.97. The van der Waals surface area contributed by atoms with Crippen LogP contribution in [0.4, 0.5) is 0 Å². The summed E-state index contributed by atoms with van der Waals surface area (Å²) in [4.78, 5) is 0. The third kappa shape index (κ3) is 2.45. The van der Waals surface area contributed by atoms with E-state index in [1.165, 1.54) is 39.8 Å². The van der Waals surface area contributed by atoms with Gasteiger partial charge in [-0.1, -0.05) is 32.0 Å². The Bertz CT molecular complexity index is 801. The first-order valence-corrected chi connectivity index (χ1v) is 9.13. The highest BCUT2D eigenvalue weighted by atomic mass is 127. The maximum atomic E-state index is 2.49. The zero-order chi connectivity index (χ0) is 14.3. The van der Waals surface area contributed by atoms with Crippen LogP contribution < -0.4 is 0 Å². The molecule has 0 heterocycles. The van der Waals surface area contributed by atoms with Crippen LogP contribution in [0, 0.1) is 7.14 Å². The summed E-state index contributed by atoms with van der Waals surface area (Å²) in [5.74, 6) is 0. The number of fused-ring (bicyclic) bond motifs is 2. The van der Waals surface area contributed by atoms with E-state index in [0.717, 1.165) is 12.8 Å². The molecule has 3 rings (SSSR count). The van der Waals surface area contributed by atoms with Crippen molar-refractivity contribution < 1.29 is 0 Å². The fourth-order valence-corrected chi connectivity index (χ4v) is 4.60. The van der Waals surface area contributed by atoms with Gasteiger partial charge < -0.3 is 0 Å². The predicted octanol–water partition coefficient (Wildman–Crippen LogP) is 6.33. The van der Waals surface area contributed by atoms with Gasteiger partial charge in [-0.2, -0.15) is 0 Å². The lowest BCUT2D eigenvalue weighted by Crippen LogP contribution is -1.90. The fourth-order valence-electron chi connectivity index (χ4n) is 2.70. The Morgan fingerprint density at radius 2 is 1.45 bits per heavy atom. The van der Waals surface area contributed by atoms with Crippen LogP contribution in [0.25, 0.3) is 21.5 Å². The fraction of sp³-hybridized carbons (Fsp3) is 0.222. The largest absolute Gasteiger partial charge is 0.0613 e. The summed E-state index contributed by atoms with van der Waals surface area (Å²) in [5, 5.41) is 5.44. The molecule has 20 heavy (non-hydrogen) atoms. The molecule has 0 nitrogen and oxygen atoms in total. The maximum Gasteiger partial charge on any atom is 0.0240 e. The van der Waals surface area contributed by atoms with Crippen LogP contribution >= 0.6 is 45.2 Å². The standard InChI is InChI=1S/C18H16I2/c1-3-11-5-6-13-8-14-7-12(4-2)17(19)10-15(14)9-16(13)18(11)20/h5-10H,3-4H2,1-2H3. The van der Waals surface area contributed by atoms with E-state index in [2.05, 4.69) is 95.4 Å². The summed E-state index contributed by atoms with van der Waals surface area (Å²) in [6, 6.07) is 13.9. The van der Waals surface area contributed by atoms with Gasteiger partial charge in [0.15, 0.2) is 0 Å². The lowest BCUT2D eigenvalue weighted by Gasteiger charge is -2.10. The zero-order valence-corrected chi connectivity index (χ0v) is 15.9. The first kappa shape index (κ1) is 14.6. The number of halogens is 2. The van der Waals surface area contributed by atoms with Crippen molar-refractivity contribution in [2.75, 3.05) is 0 Å². The van der Waals surface area contributed by atoms with Crippen molar-refractivity contribution in [3.8, 4) is 0 Å². The van der Waals surface area contributed by atoms with Gasteiger partial charge in [0, 0.05) is 7.14 Å². The summed E-state index contributed by atoms with van der Waals surface area (Å²) < 4.78 is 2.78. The van der Waals surface area contributed by atoms with Gasteiger partial charge in [-0.25, -0.2) is 0 Å². The van der Waals surface area contributed by atoms with E-state index < -0.39 is 0 Å². The molecule has 0 aromatic heterocycles. The second kappa shape index (κ2) is 5.79. The van der Waals surface area contributed by atoms with Crippen LogP contribution in [0.3, 0.4) is 0 Å². The molecule has 3 aromatic carbocycles. The molecule has 0 fully saturated rings. The molecule has 0 N–H and O–H groups in total. The zero-order valence-electron chi connectivity index (χ0n) is 11.6. The highest BCUT2D eigenvalue weighted by Crippen LogP contribution is 2.31. The molecule has 0 atom stereocenters. The topological polar surface area (TPSA) is 0 Å². The van der Waals surface area contributed by atoms with Gasteiger partial charge in [-0.3, -0.25) is 0 Å². The molecule has 0 bridgehead atoms. The van der Waals surface area contributed by atoms with E-state index in [0.29, 0.717) is 0 Å². The van der Waals surface area contributed by atoms with Gasteiger partial charge in [0.25, 0.3) is 0 Å². The van der Waals surface area contributed by atoms with Gasteiger partial charge in [0.1, 0.15) is 0 Å². The van der Waals surface area contributed by atoms with Crippen molar-refractivity contribution in [3.63, 3.8) is 0 Å². The Kier molecular flexibility index (Phi) is 4.22. The molecule has 2 heteroatoms. The van der Waals surface area contributed by atoms with Crippen molar-refractivity contribution >= 4 is 66.7 Å². The monoisotopic (exact) mass is 486 g/mol. The highest BCUT2D eigenvalue weighted by molar-refractivity contribution is 14.1. The van der Waals surface area contributed by atoms with E-state index in [4.69, 9.17) is 0 Å². The quantitative estimate of drug-likeness (QED) is 0.294. The van der Waals surface area contributed by atoms with Crippen molar-refractivity contribution in [3.05, 3.63) is 54.7 Å². The van der Waals surface area contributed by atoms with Gasteiger partial charge in [-0.15, -0.1) is 0 Å². The van der Waals surface area contributed by atoms with Gasteiger partial charge in [-0.05, 0) is 109 Å². The molecule has 0 aliphatic carbocycles. The van der Waals surface area contributed by atoms with Crippen LogP contribution in [-0.4, -0.2) is 0 Å². The Labute approximate surface area is 147 Å². The average Bonchev–Trinajstić information content (AvgIpc) is 2.46. The summed E-state index contributed by atoms with van der Waals surface area (Å²) in [7, 11) is 0. The molecule has 0 saturated heterocycles. The summed E-state index contributed by atoms with van der Waals surface area (Å²) >= 11 is 4.95. The smallest absolute Gasteiger partial charge is 0.0240 e. The average molecular weight is 486 g/mol. The van der Waals surface area contributed by atoms with Crippen LogP contribution in [0.5, 0.6) is 0 Å². The molecule has 0 radical (unpaired) electrons. The second-order valence-electron chi connectivity index (χ2n) is 5.11. The lowest BCUT2D eigenvalue weighted by molar-refractivity contribution is 1.13. The van der Waals surface area contributed by atoms with Gasteiger partial charge >= 0.3 is 0 Å². The molecule has 0 aliphatic heterocycles. The minimum Gasteiger partial charge on any atom is -0.0613 e. The van der Waals surface area contributed by atoms with Crippen molar-refractivity contribution in [2.24, 2.45) is 0 Å². The molecular weight excluding hydrogens is 470 g/mol. The molecule has 0 amide bonds. The summed E-state index contributed by atoms with van der Waals surface area (Å²) in [5.41, 5.74) is 2.88. The van der Waals surface area contributed by atoms with Crippen LogP contribution in [0.15, 0.2) is 36.4 Å². The Balaban J connectivity index is 2.37. The van der Waals surface area contributed by atoms with Crippen molar-refractivity contribution in [2.45, 2.75) is 26.7 Å². The maximum absolute atomic E-state index is 2.49. The van der Waals surface area contributed by atoms with Crippen molar-refractivity contribution in [1.29, 1.82) is 0 Å². The third-order valence-electron chi connectivity index (χ3n) is 3.92. The minimum absolute atomic E-state index is 1.10. The van der Waals surface area contributed by atoms with Crippen LogP contribution in [0.1, 0.15) is 25.0 Å². The third-order valence-corrected chi connectivity index (χ3v) is 6.20. The summed E-state index contributed by atoms with van der Waals surface area (Å²) in [6.45, 7) is 4.45. The molecular formula is C18H16I2. The van der Waals surface area contributed by atoms with Crippen LogP contribution in [-0.2, 0) is 12.8 Å². The van der Waals surface area contributed by atoms with E-state index in [9.17, 15) is 0 Å². The van der Waals surface area contributed by atoms with Gasteiger partial charge in [0.05, 0.1) is 0 Å². The number of hydrogen-bond acceptors (Lipinski definition) is 0. The number of rotatable bonds is 2. The molecule has 0 saturated carbocycles. The normalized spacial score (nSPS) is 11.4. The molecule has 0 aliphatic rings. The number of aryl methyl sites for hydroxylation is 2. The van der Waals surface area contributed by atoms with Gasteiger partial charge in [0.2, 0.25) is 0 Å².